The summed E-state index contributed by atoms with van der Waals surface area (Å²) < 4.78 is 27.5. The number of likely N-dealkylation sites (tertiary alicyclic amines) is 1. The van der Waals surface area contributed by atoms with Crippen molar-refractivity contribution in [2.45, 2.75) is 31.7 Å². The van der Waals surface area contributed by atoms with Crippen molar-refractivity contribution >= 4 is 0 Å². The van der Waals surface area contributed by atoms with Crippen LogP contribution in [0.15, 0.2) is 42.5 Å². The number of nitrogens with zero attached hydrogens (tertiary/aromatic N) is 1. The minimum absolute atomic E-state index is 0.0141. The van der Waals surface area contributed by atoms with Gasteiger partial charge in [0.05, 0.1) is 12.7 Å². The molecule has 0 unspecified atom stereocenters. The summed E-state index contributed by atoms with van der Waals surface area (Å²) in [5.41, 5.74) is 2.11. The molecule has 1 saturated heterocycles. The van der Waals surface area contributed by atoms with E-state index in [9.17, 15) is 13.9 Å². The Balaban J connectivity index is 1.83. The predicted molar refractivity (Wildman–Crippen MR) is 82.5 cm³/mol. The predicted octanol–water partition coefficient (Wildman–Crippen LogP) is 2.77. The standard InChI is InChI=1S/C18H19F2NO2/c19-14-5-6-17(20)16(7-14)18-8-15(23)10-21(18)9-12-1-3-13(11-22)4-2-12/h1-7,15,18,22-23H,8-11H2/t15-,18-/m0/s1. The molecule has 3 rings (SSSR count). The van der Waals surface area contributed by atoms with E-state index < -0.39 is 17.7 Å². The second kappa shape index (κ2) is 6.74. The van der Waals surface area contributed by atoms with Crippen molar-refractivity contribution < 1.29 is 19.0 Å². The van der Waals surface area contributed by atoms with Crippen molar-refractivity contribution in [3.05, 3.63) is 70.8 Å². The Hall–Kier alpha value is -1.82. The van der Waals surface area contributed by atoms with E-state index in [2.05, 4.69) is 0 Å². The van der Waals surface area contributed by atoms with Gasteiger partial charge in [0.1, 0.15) is 11.6 Å². The summed E-state index contributed by atoms with van der Waals surface area (Å²) in [6, 6.07) is 10.5. The number of aliphatic hydroxyl groups excluding tert-OH is 2. The fourth-order valence-electron chi connectivity index (χ4n) is 3.13. The summed E-state index contributed by atoms with van der Waals surface area (Å²) in [4.78, 5) is 1.95. The van der Waals surface area contributed by atoms with E-state index in [1.807, 2.05) is 29.2 Å². The Morgan fingerprint density at radius 1 is 1.04 bits per heavy atom. The van der Waals surface area contributed by atoms with Gasteiger partial charge in [-0.05, 0) is 35.7 Å². The highest BCUT2D eigenvalue weighted by Crippen LogP contribution is 2.35. The van der Waals surface area contributed by atoms with Gasteiger partial charge in [-0.2, -0.15) is 0 Å². The maximum absolute atomic E-state index is 14.1. The zero-order valence-corrected chi connectivity index (χ0v) is 12.6. The van der Waals surface area contributed by atoms with Crippen LogP contribution in [0.1, 0.15) is 29.2 Å². The summed E-state index contributed by atoms with van der Waals surface area (Å²) in [5.74, 6) is -0.929. The normalized spacial score (nSPS) is 21.7. The molecule has 122 valence electrons. The quantitative estimate of drug-likeness (QED) is 0.911. The number of aliphatic hydroxyl groups is 2. The van der Waals surface area contributed by atoms with Crippen LogP contribution in [0.4, 0.5) is 8.78 Å². The molecule has 3 nitrogen and oxygen atoms in total. The van der Waals surface area contributed by atoms with Gasteiger partial charge in [0.15, 0.2) is 0 Å². The SMILES string of the molecule is OCc1ccc(CN2C[C@@H](O)C[C@H]2c2cc(F)ccc2F)cc1. The minimum Gasteiger partial charge on any atom is -0.392 e. The van der Waals surface area contributed by atoms with Crippen LogP contribution in [0.25, 0.3) is 0 Å². The van der Waals surface area contributed by atoms with Gasteiger partial charge in [-0.15, -0.1) is 0 Å². The Morgan fingerprint density at radius 2 is 1.74 bits per heavy atom. The van der Waals surface area contributed by atoms with Gasteiger partial charge < -0.3 is 10.2 Å². The Morgan fingerprint density at radius 3 is 2.43 bits per heavy atom. The molecule has 0 radical (unpaired) electrons. The van der Waals surface area contributed by atoms with Crippen molar-refractivity contribution in [3.8, 4) is 0 Å². The molecule has 0 bridgehead atoms. The molecule has 5 heteroatoms. The van der Waals surface area contributed by atoms with Gasteiger partial charge in [-0.1, -0.05) is 24.3 Å². The van der Waals surface area contributed by atoms with Crippen LogP contribution in [0.3, 0.4) is 0 Å². The van der Waals surface area contributed by atoms with Crippen molar-refractivity contribution in [3.63, 3.8) is 0 Å². The Kier molecular flexibility index (Phi) is 4.71. The fraction of sp³-hybridized carbons (Fsp3) is 0.333. The first-order chi connectivity index (χ1) is 11.1. The maximum atomic E-state index is 14.1. The van der Waals surface area contributed by atoms with Crippen molar-refractivity contribution in [1.82, 2.24) is 4.90 Å². The molecule has 1 aliphatic heterocycles. The summed E-state index contributed by atoms with van der Waals surface area (Å²) in [6.45, 7) is 0.936. The second-order valence-corrected chi connectivity index (χ2v) is 5.98. The number of rotatable bonds is 4. The van der Waals surface area contributed by atoms with E-state index in [1.165, 1.54) is 6.07 Å². The van der Waals surface area contributed by atoms with Gasteiger partial charge in [0.25, 0.3) is 0 Å². The maximum Gasteiger partial charge on any atom is 0.128 e. The lowest BCUT2D eigenvalue weighted by Crippen LogP contribution is -2.25. The lowest BCUT2D eigenvalue weighted by atomic mass is 10.0. The largest absolute Gasteiger partial charge is 0.392 e. The monoisotopic (exact) mass is 319 g/mol. The first-order valence-corrected chi connectivity index (χ1v) is 7.62. The van der Waals surface area contributed by atoms with Crippen molar-refractivity contribution in [2.24, 2.45) is 0 Å². The molecule has 2 atom stereocenters. The molecule has 2 N–H and O–H groups in total. The highest BCUT2D eigenvalue weighted by molar-refractivity contribution is 5.26. The molecule has 0 saturated carbocycles. The van der Waals surface area contributed by atoms with E-state index >= 15 is 0 Å². The molecular formula is C18H19F2NO2. The molecular weight excluding hydrogens is 300 g/mol. The zero-order chi connectivity index (χ0) is 16.4. The number of β-amino-alcohol motifs (C(OH)–C–C–N with tert-alkyl or cyclic N) is 1. The fourth-order valence-corrected chi connectivity index (χ4v) is 3.13. The van der Waals surface area contributed by atoms with Crippen LogP contribution in [0.2, 0.25) is 0 Å². The highest BCUT2D eigenvalue weighted by Gasteiger charge is 2.33. The lowest BCUT2D eigenvalue weighted by Gasteiger charge is -2.25. The topological polar surface area (TPSA) is 43.7 Å². The number of hydrogen-bond acceptors (Lipinski definition) is 3. The summed E-state index contributed by atoms with van der Waals surface area (Å²) in [7, 11) is 0. The van der Waals surface area contributed by atoms with Crippen LogP contribution >= 0.6 is 0 Å². The lowest BCUT2D eigenvalue weighted by molar-refractivity contribution is 0.172. The van der Waals surface area contributed by atoms with Gasteiger partial charge in [0, 0.05) is 24.7 Å². The average Bonchev–Trinajstić information content (AvgIpc) is 2.91. The van der Waals surface area contributed by atoms with E-state index in [0.29, 0.717) is 19.5 Å². The van der Waals surface area contributed by atoms with E-state index in [-0.39, 0.29) is 18.2 Å². The van der Waals surface area contributed by atoms with Gasteiger partial charge in [-0.3, -0.25) is 4.90 Å². The number of halogens is 2. The number of hydrogen-bond donors (Lipinski definition) is 2. The molecule has 2 aromatic carbocycles. The van der Waals surface area contributed by atoms with Gasteiger partial charge >= 0.3 is 0 Å². The van der Waals surface area contributed by atoms with Gasteiger partial charge in [-0.25, -0.2) is 8.78 Å². The average molecular weight is 319 g/mol. The summed E-state index contributed by atoms with van der Waals surface area (Å²) >= 11 is 0. The molecule has 0 amide bonds. The van der Waals surface area contributed by atoms with E-state index in [4.69, 9.17) is 5.11 Å². The summed E-state index contributed by atoms with van der Waals surface area (Å²) in [5, 5.41) is 19.0. The van der Waals surface area contributed by atoms with Crippen LogP contribution in [-0.4, -0.2) is 27.8 Å². The van der Waals surface area contributed by atoms with Crippen LogP contribution in [0, 0.1) is 11.6 Å². The molecule has 0 spiro atoms. The number of benzene rings is 2. The molecule has 1 heterocycles. The molecule has 2 aromatic rings. The summed E-state index contributed by atoms with van der Waals surface area (Å²) in [6.07, 6.45) is -0.172. The minimum atomic E-state index is -0.556. The highest BCUT2D eigenvalue weighted by atomic mass is 19.1. The van der Waals surface area contributed by atoms with Crippen LogP contribution < -0.4 is 0 Å². The van der Waals surface area contributed by atoms with Crippen molar-refractivity contribution in [1.29, 1.82) is 0 Å². The molecule has 0 aromatic heterocycles. The first-order valence-electron chi connectivity index (χ1n) is 7.62. The Labute approximate surface area is 133 Å². The van der Waals surface area contributed by atoms with Gasteiger partial charge in [0.2, 0.25) is 0 Å². The third-order valence-electron chi connectivity index (χ3n) is 4.29. The molecule has 0 aliphatic carbocycles. The molecule has 23 heavy (non-hydrogen) atoms. The molecule has 1 aliphatic rings. The second-order valence-electron chi connectivity index (χ2n) is 5.98. The third-order valence-corrected chi connectivity index (χ3v) is 4.29. The van der Waals surface area contributed by atoms with Crippen LogP contribution in [-0.2, 0) is 13.2 Å². The smallest absolute Gasteiger partial charge is 0.128 e. The Bertz CT molecular complexity index is 675. The molecule has 1 fully saturated rings. The van der Waals surface area contributed by atoms with Crippen LogP contribution in [0.5, 0.6) is 0 Å². The van der Waals surface area contributed by atoms with E-state index in [1.54, 1.807) is 0 Å². The zero-order valence-electron chi connectivity index (χ0n) is 12.6. The van der Waals surface area contributed by atoms with Crippen molar-refractivity contribution in [2.75, 3.05) is 6.54 Å². The third kappa shape index (κ3) is 3.58. The first kappa shape index (κ1) is 16.1. The van der Waals surface area contributed by atoms with E-state index in [0.717, 1.165) is 23.3 Å².